The maximum atomic E-state index is 6.31. The predicted molar refractivity (Wildman–Crippen MR) is 288 cm³/mol. The van der Waals surface area contributed by atoms with Gasteiger partial charge in [0.25, 0.3) is 0 Å². The summed E-state index contributed by atoms with van der Waals surface area (Å²) in [6, 6.07) is 94.4. The van der Waals surface area contributed by atoms with Gasteiger partial charge in [0.2, 0.25) is 0 Å². The Morgan fingerprint density at radius 2 is 0.588 bits per heavy atom. The van der Waals surface area contributed by atoms with Gasteiger partial charge in [-0.1, -0.05) is 200 Å². The molecule has 1 heterocycles. The second-order valence-electron chi connectivity index (χ2n) is 17.6. The lowest BCUT2D eigenvalue weighted by molar-refractivity contribution is 0.632. The molecule has 0 radical (unpaired) electrons. The minimum Gasteiger partial charge on any atom is -0.456 e. The van der Waals surface area contributed by atoms with Crippen molar-refractivity contribution in [2.75, 3.05) is 4.90 Å². The number of nitrogens with zero attached hydrogens (tertiary/aromatic N) is 1. The number of para-hydroxylation sites is 1. The molecular weight excluding hydrogens is 823 g/mol. The van der Waals surface area contributed by atoms with Gasteiger partial charge in [-0.3, -0.25) is 0 Å². The first-order valence-corrected chi connectivity index (χ1v) is 23.3. The van der Waals surface area contributed by atoms with Gasteiger partial charge < -0.3 is 9.32 Å². The summed E-state index contributed by atoms with van der Waals surface area (Å²) in [5.74, 6) is 0.875. The van der Waals surface area contributed by atoms with Crippen molar-refractivity contribution in [3.8, 4) is 55.8 Å². The second kappa shape index (κ2) is 16.5. The highest BCUT2D eigenvalue weighted by atomic mass is 16.3. The third-order valence-corrected chi connectivity index (χ3v) is 13.7. The first-order chi connectivity index (χ1) is 33.7. The van der Waals surface area contributed by atoms with Gasteiger partial charge >= 0.3 is 0 Å². The minimum absolute atomic E-state index is 0.875. The SMILES string of the molecule is c1ccc(-c2cc3ccccc3o2)c(-c2ccc(-c3ccc(N(c4ccc(-c5cc6ccccc6c6ccccc56)cc4)c4ccc(-c5cc6ccccc6c6ccccc56)cc4)cc3)cc2)c1. The van der Waals surface area contributed by atoms with Crippen LogP contribution in [0.5, 0.6) is 0 Å². The molecule has 12 aromatic carbocycles. The van der Waals surface area contributed by atoms with Crippen LogP contribution in [0.25, 0.3) is 110 Å². The largest absolute Gasteiger partial charge is 0.456 e. The first-order valence-electron chi connectivity index (χ1n) is 23.3. The van der Waals surface area contributed by atoms with E-state index in [1.54, 1.807) is 0 Å². The fraction of sp³-hybridized carbons (Fsp3) is 0. The Morgan fingerprint density at radius 1 is 0.235 bits per heavy atom. The van der Waals surface area contributed by atoms with Gasteiger partial charge in [-0.15, -0.1) is 0 Å². The number of benzene rings is 12. The van der Waals surface area contributed by atoms with Crippen LogP contribution in [0, 0.1) is 0 Å². The van der Waals surface area contributed by atoms with E-state index in [1.807, 2.05) is 18.2 Å². The zero-order valence-corrected chi connectivity index (χ0v) is 37.2. The minimum atomic E-state index is 0.875. The van der Waals surface area contributed by atoms with E-state index >= 15 is 0 Å². The molecule has 0 N–H and O–H groups in total. The molecule has 13 aromatic rings. The number of rotatable bonds is 8. The topological polar surface area (TPSA) is 16.4 Å². The molecule has 0 saturated heterocycles. The monoisotopic (exact) mass is 865 g/mol. The molecular formula is C66H43NO. The molecule has 0 spiro atoms. The Morgan fingerprint density at radius 3 is 1.09 bits per heavy atom. The number of anilines is 3. The third-order valence-electron chi connectivity index (χ3n) is 13.7. The Kier molecular flexibility index (Phi) is 9.54. The Labute approximate surface area is 395 Å². The smallest absolute Gasteiger partial charge is 0.136 e. The Balaban J connectivity index is 0.867. The highest BCUT2D eigenvalue weighted by Crippen LogP contribution is 2.42. The highest BCUT2D eigenvalue weighted by molar-refractivity contribution is 6.15. The first kappa shape index (κ1) is 39.4. The number of hydrogen-bond acceptors (Lipinski definition) is 2. The van der Waals surface area contributed by atoms with Crippen molar-refractivity contribution in [2.24, 2.45) is 0 Å². The van der Waals surface area contributed by atoms with Crippen molar-refractivity contribution in [3.05, 3.63) is 261 Å². The van der Waals surface area contributed by atoms with E-state index in [2.05, 4.69) is 248 Å². The molecule has 318 valence electrons. The van der Waals surface area contributed by atoms with Gasteiger partial charge in [-0.2, -0.15) is 0 Å². The lowest BCUT2D eigenvalue weighted by Crippen LogP contribution is -2.09. The zero-order valence-electron chi connectivity index (χ0n) is 37.2. The van der Waals surface area contributed by atoms with Crippen LogP contribution in [0.1, 0.15) is 0 Å². The standard InChI is InChI=1S/C66H43NO/c1-4-17-56-49(13-1)41-63(60-21-9-7-19-58(56)60)47-31-37-53(38-32-47)67(54-39-33-48(34-40-54)64-42-50-14-2-5-18-57(50)59-20-8-10-22-61(59)64)52-35-29-45(30-36-52)44-25-27-46(28-26-44)55-16-6-11-23-62(55)66-43-51-15-3-12-24-65(51)68-66/h1-43H. The van der Waals surface area contributed by atoms with Crippen molar-refractivity contribution in [3.63, 3.8) is 0 Å². The average molecular weight is 866 g/mol. The normalized spacial score (nSPS) is 11.5. The molecule has 0 aliphatic rings. The van der Waals surface area contributed by atoms with Crippen LogP contribution in [0.2, 0.25) is 0 Å². The molecule has 2 heteroatoms. The number of fused-ring (bicyclic) bond motifs is 7. The lowest BCUT2D eigenvalue weighted by Gasteiger charge is -2.26. The average Bonchev–Trinajstić information content (AvgIpc) is 3.86. The molecule has 2 nitrogen and oxygen atoms in total. The van der Waals surface area contributed by atoms with Crippen LogP contribution in [-0.4, -0.2) is 0 Å². The van der Waals surface area contributed by atoms with Crippen LogP contribution in [0.3, 0.4) is 0 Å². The van der Waals surface area contributed by atoms with Crippen LogP contribution in [0.4, 0.5) is 17.1 Å². The third kappa shape index (κ3) is 6.90. The van der Waals surface area contributed by atoms with Crippen molar-refractivity contribution in [1.82, 2.24) is 0 Å². The maximum Gasteiger partial charge on any atom is 0.136 e. The van der Waals surface area contributed by atoms with Gasteiger partial charge in [-0.05, 0) is 148 Å². The zero-order chi connectivity index (χ0) is 45.0. The van der Waals surface area contributed by atoms with Crippen LogP contribution < -0.4 is 4.90 Å². The summed E-state index contributed by atoms with van der Waals surface area (Å²) in [6.07, 6.45) is 0. The van der Waals surface area contributed by atoms with Crippen LogP contribution in [0.15, 0.2) is 265 Å². The summed E-state index contributed by atoms with van der Waals surface area (Å²) in [6.45, 7) is 0. The molecule has 1 aromatic heterocycles. The van der Waals surface area contributed by atoms with Gasteiger partial charge in [0.05, 0.1) is 0 Å². The van der Waals surface area contributed by atoms with Crippen molar-refractivity contribution in [1.29, 1.82) is 0 Å². The summed E-state index contributed by atoms with van der Waals surface area (Å²) in [5, 5.41) is 11.2. The summed E-state index contributed by atoms with van der Waals surface area (Å²) in [7, 11) is 0. The second-order valence-corrected chi connectivity index (χ2v) is 17.6. The summed E-state index contributed by atoms with van der Waals surface area (Å²) < 4.78 is 6.31. The fourth-order valence-electron chi connectivity index (χ4n) is 10.3. The molecule has 0 unspecified atom stereocenters. The van der Waals surface area contributed by atoms with E-state index in [4.69, 9.17) is 4.42 Å². The summed E-state index contributed by atoms with van der Waals surface area (Å²) >= 11 is 0. The van der Waals surface area contributed by atoms with E-state index in [0.29, 0.717) is 0 Å². The predicted octanol–water partition coefficient (Wildman–Crippen LogP) is 18.9. The fourth-order valence-corrected chi connectivity index (χ4v) is 10.3. The molecule has 0 bridgehead atoms. The van der Waals surface area contributed by atoms with E-state index in [-0.39, 0.29) is 0 Å². The van der Waals surface area contributed by atoms with Gasteiger partial charge in [0.15, 0.2) is 0 Å². The molecule has 0 aliphatic carbocycles. The maximum absolute atomic E-state index is 6.31. The van der Waals surface area contributed by atoms with E-state index in [9.17, 15) is 0 Å². The molecule has 68 heavy (non-hydrogen) atoms. The van der Waals surface area contributed by atoms with Crippen LogP contribution in [-0.2, 0) is 0 Å². The Bertz CT molecular complexity index is 3800. The van der Waals surface area contributed by atoms with Crippen molar-refractivity contribution >= 4 is 71.1 Å². The van der Waals surface area contributed by atoms with Crippen LogP contribution >= 0.6 is 0 Å². The molecule has 0 aliphatic heterocycles. The van der Waals surface area contributed by atoms with Gasteiger partial charge in [0.1, 0.15) is 11.3 Å². The highest BCUT2D eigenvalue weighted by Gasteiger charge is 2.17. The molecule has 0 amide bonds. The van der Waals surface area contributed by atoms with E-state index < -0.39 is 0 Å². The van der Waals surface area contributed by atoms with Crippen molar-refractivity contribution in [2.45, 2.75) is 0 Å². The molecule has 0 saturated carbocycles. The summed E-state index contributed by atoms with van der Waals surface area (Å²) in [5.41, 5.74) is 14.7. The summed E-state index contributed by atoms with van der Waals surface area (Å²) in [4.78, 5) is 2.37. The quantitative estimate of drug-likeness (QED) is 0.142. The van der Waals surface area contributed by atoms with Gasteiger partial charge in [-0.25, -0.2) is 0 Å². The van der Waals surface area contributed by atoms with E-state index in [0.717, 1.165) is 61.6 Å². The van der Waals surface area contributed by atoms with Crippen molar-refractivity contribution < 1.29 is 4.42 Å². The molecule has 13 rings (SSSR count). The van der Waals surface area contributed by atoms with Gasteiger partial charge in [0, 0.05) is 28.0 Å². The number of furan rings is 1. The Hall–Kier alpha value is -8.98. The molecule has 0 fully saturated rings. The number of hydrogen-bond donors (Lipinski definition) is 0. The molecule has 0 atom stereocenters. The van der Waals surface area contributed by atoms with E-state index in [1.165, 1.54) is 65.3 Å². The lowest BCUT2D eigenvalue weighted by atomic mass is 9.93.